The first kappa shape index (κ1) is 20.6. The molecule has 0 spiro atoms. The van der Waals surface area contributed by atoms with Gasteiger partial charge < -0.3 is 9.97 Å². The first-order valence-electron chi connectivity index (χ1n) is 10.4. The summed E-state index contributed by atoms with van der Waals surface area (Å²) in [4.78, 5) is 38.4. The van der Waals surface area contributed by atoms with E-state index >= 15 is 0 Å². The molecule has 0 fully saturated rings. The van der Waals surface area contributed by atoms with Crippen LogP contribution in [0.2, 0.25) is 0 Å². The number of fused-ring (bicyclic) bond motifs is 4. The molecule has 0 saturated heterocycles. The van der Waals surface area contributed by atoms with Gasteiger partial charge in [0.15, 0.2) is 0 Å². The van der Waals surface area contributed by atoms with Crippen molar-refractivity contribution in [2.75, 3.05) is 0 Å². The van der Waals surface area contributed by atoms with Gasteiger partial charge in [-0.15, -0.1) is 11.3 Å². The first-order valence-corrected chi connectivity index (χ1v) is 13.4. The molecule has 5 aromatic rings. The molecule has 2 atom stereocenters. The van der Waals surface area contributed by atoms with Crippen LogP contribution in [0.3, 0.4) is 0 Å². The second-order valence-electron chi connectivity index (χ2n) is 7.82. The van der Waals surface area contributed by atoms with Crippen LogP contribution in [0.15, 0.2) is 48.7 Å². The second-order valence-corrected chi connectivity index (χ2v) is 10.9. The van der Waals surface area contributed by atoms with E-state index in [0.29, 0.717) is 5.57 Å². The van der Waals surface area contributed by atoms with E-state index in [4.69, 9.17) is 0 Å². The standard InChI is InChI=1S/C24H18N4O2P2S/c29-11-31-23-25-10-19(27-23)14-1-2-16-9-21(33-20(16)8-14)15-3-5-17-13(7-15)4-6-18-22(17)28-24(26-18)32-12-30/h1-3,5,7-12,31-32H,4,6H2,(H,25,27)(H,26,28). The summed E-state index contributed by atoms with van der Waals surface area (Å²) in [5.74, 6) is 0. The lowest BCUT2D eigenvalue weighted by Gasteiger charge is -2.16. The fraction of sp³-hybridized carbons (Fsp3) is 0.0833. The smallest absolute Gasteiger partial charge is 0.146 e. The molecule has 2 aromatic carbocycles. The van der Waals surface area contributed by atoms with Crippen molar-refractivity contribution < 1.29 is 9.59 Å². The Morgan fingerprint density at radius 1 is 0.909 bits per heavy atom. The molecule has 3 aromatic heterocycles. The van der Waals surface area contributed by atoms with E-state index in [1.54, 1.807) is 17.5 Å². The molecular weight excluding hydrogens is 470 g/mol. The Balaban J connectivity index is 1.34. The van der Waals surface area contributed by atoms with E-state index < -0.39 is 0 Å². The van der Waals surface area contributed by atoms with Crippen LogP contribution in [0, 0.1) is 0 Å². The number of hydrogen-bond acceptors (Lipinski definition) is 5. The van der Waals surface area contributed by atoms with Crippen LogP contribution < -0.4 is 11.1 Å². The van der Waals surface area contributed by atoms with Crippen LogP contribution in [-0.2, 0) is 22.4 Å². The number of H-pyrrole nitrogens is 2. The molecule has 0 amide bonds. The number of imidazole rings is 2. The number of hydrogen-bond donors (Lipinski definition) is 2. The van der Waals surface area contributed by atoms with Gasteiger partial charge in [-0.05, 0) is 47.6 Å². The number of aryl methyl sites for hydroxylation is 2. The summed E-state index contributed by atoms with van der Waals surface area (Å²) in [6, 6.07) is 17.0. The zero-order chi connectivity index (χ0) is 22.4. The molecule has 33 heavy (non-hydrogen) atoms. The molecule has 0 saturated carbocycles. The molecule has 6 nitrogen and oxygen atoms in total. The van der Waals surface area contributed by atoms with Gasteiger partial charge in [-0.1, -0.05) is 24.3 Å². The molecule has 1 aliphatic rings. The topological polar surface area (TPSA) is 91.5 Å². The van der Waals surface area contributed by atoms with Crippen molar-refractivity contribution in [1.82, 2.24) is 19.9 Å². The highest BCUT2D eigenvalue weighted by atomic mass is 32.1. The zero-order valence-corrected chi connectivity index (χ0v) is 20.1. The third-order valence-corrected chi connectivity index (χ3v) is 8.29. The maximum atomic E-state index is 10.9. The lowest BCUT2D eigenvalue weighted by Crippen LogP contribution is -2.03. The maximum Gasteiger partial charge on any atom is 0.146 e. The Labute approximate surface area is 196 Å². The monoisotopic (exact) mass is 488 g/mol. The number of aromatic amines is 2. The van der Waals surface area contributed by atoms with E-state index in [2.05, 4.69) is 62.4 Å². The largest absolute Gasteiger partial charge is 0.341 e. The van der Waals surface area contributed by atoms with Gasteiger partial charge >= 0.3 is 0 Å². The lowest BCUT2D eigenvalue weighted by atomic mass is 9.90. The van der Waals surface area contributed by atoms with Gasteiger partial charge in [0, 0.05) is 43.6 Å². The highest BCUT2D eigenvalue weighted by Crippen LogP contribution is 2.39. The molecule has 1 aliphatic carbocycles. The van der Waals surface area contributed by atoms with Crippen molar-refractivity contribution in [2.24, 2.45) is 0 Å². The van der Waals surface area contributed by atoms with Crippen LogP contribution in [0.4, 0.5) is 0 Å². The average molecular weight is 488 g/mol. The highest BCUT2D eigenvalue weighted by Gasteiger charge is 2.21. The zero-order valence-electron chi connectivity index (χ0n) is 17.3. The molecule has 0 aliphatic heterocycles. The summed E-state index contributed by atoms with van der Waals surface area (Å²) in [6.45, 7) is 0. The molecule has 3 heterocycles. The summed E-state index contributed by atoms with van der Waals surface area (Å²) in [5, 5.41) is 1.21. The van der Waals surface area contributed by atoms with Crippen LogP contribution in [0.5, 0.6) is 0 Å². The Morgan fingerprint density at radius 3 is 2.64 bits per heavy atom. The van der Waals surface area contributed by atoms with Gasteiger partial charge in [-0.25, -0.2) is 9.97 Å². The Kier molecular flexibility index (Phi) is 5.26. The molecule has 2 unspecified atom stereocenters. The van der Waals surface area contributed by atoms with Crippen LogP contribution in [-0.4, -0.2) is 32.0 Å². The van der Waals surface area contributed by atoms with E-state index in [1.807, 2.05) is 0 Å². The molecule has 9 heteroatoms. The Bertz CT molecular complexity index is 1530. The van der Waals surface area contributed by atoms with Crippen molar-refractivity contribution in [3.63, 3.8) is 0 Å². The minimum absolute atomic E-state index is 0.0451. The summed E-state index contributed by atoms with van der Waals surface area (Å²) in [6.07, 6.45) is 3.66. The maximum absolute atomic E-state index is 10.9. The van der Waals surface area contributed by atoms with E-state index in [1.165, 1.54) is 26.1 Å². The third kappa shape index (κ3) is 3.76. The van der Waals surface area contributed by atoms with Crippen molar-refractivity contribution in [1.29, 1.82) is 0 Å². The molecular formula is C24H18N4O2P2S. The SMILES string of the molecule is O=CPc1ncc(-c2ccc3cc(-c4ccc5c(c4)CCc4[nH]c(PC=O)nc4-5)sc3c2)[nH]1. The minimum Gasteiger partial charge on any atom is -0.341 e. The van der Waals surface area contributed by atoms with Gasteiger partial charge in [0.25, 0.3) is 0 Å². The van der Waals surface area contributed by atoms with Gasteiger partial charge in [0.2, 0.25) is 0 Å². The number of carbonyl (C=O) groups is 2. The lowest BCUT2D eigenvalue weighted by molar-refractivity contribution is 0.569. The van der Waals surface area contributed by atoms with Crippen molar-refractivity contribution in [2.45, 2.75) is 12.8 Å². The Morgan fingerprint density at radius 2 is 1.76 bits per heavy atom. The van der Waals surface area contributed by atoms with Crippen LogP contribution in [0.1, 0.15) is 11.3 Å². The fourth-order valence-corrected chi connectivity index (χ4v) is 6.39. The number of aromatic nitrogens is 4. The van der Waals surface area contributed by atoms with Crippen molar-refractivity contribution >= 4 is 61.8 Å². The van der Waals surface area contributed by atoms with Gasteiger partial charge in [-0.3, -0.25) is 9.59 Å². The summed E-state index contributed by atoms with van der Waals surface area (Å²) >= 11 is 1.77. The number of thiophene rings is 1. The summed E-state index contributed by atoms with van der Waals surface area (Å²) in [7, 11) is 0.112. The van der Waals surface area contributed by atoms with Crippen molar-refractivity contribution in [3.05, 3.63) is 59.9 Å². The first-order chi connectivity index (χ1) is 16.2. The van der Waals surface area contributed by atoms with Gasteiger partial charge in [0.1, 0.15) is 23.2 Å². The number of rotatable bonds is 6. The average Bonchev–Trinajstić information content (AvgIpc) is 3.56. The van der Waals surface area contributed by atoms with E-state index in [9.17, 15) is 9.59 Å². The minimum atomic E-state index is 0.0451. The number of carbonyl (C=O) groups excluding carboxylic acids is 2. The molecule has 0 radical (unpaired) electrons. The quantitative estimate of drug-likeness (QED) is 0.273. The Hall–Kier alpha value is -2.98. The highest BCUT2D eigenvalue weighted by molar-refractivity contribution is 7.62. The summed E-state index contributed by atoms with van der Waals surface area (Å²) < 4.78 is 1.21. The van der Waals surface area contributed by atoms with E-state index in [0.717, 1.165) is 58.7 Å². The predicted octanol–water partition coefficient (Wildman–Crippen LogP) is 4.44. The molecule has 2 N–H and O–H groups in total. The molecule has 162 valence electrons. The number of nitrogens with zero attached hydrogens (tertiary/aromatic N) is 2. The van der Waals surface area contributed by atoms with Crippen LogP contribution >= 0.6 is 28.5 Å². The van der Waals surface area contributed by atoms with Gasteiger partial charge in [-0.2, -0.15) is 0 Å². The van der Waals surface area contributed by atoms with Crippen molar-refractivity contribution in [3.8, 4) is 33.0 Å². The number of benzene rings is 2. The molecule has 0 bridgehead atoms. The van der Waals surface area contributed by atoms with Crippen LogP contribution in [0.25, 0.3) is 43.0 Å². The number of nitrogens with one attached hydrogen (secondary N) is 2. The normalized spacial score (nSPS) is 13.2. The molecule has 6 rings (SSSR count). The van der Waals surface area contributed by atoms with E-state index in [-0.39, 0.29) is 17.2 Å². The fourth-order valence-electron chi connectivity index (χ4n) is 4.32. The second kappa shape index (κ2) is 8.42. The summed E-state index contributed by atoms with van der Waals surface area (Å²) in [5.41, 5.74) is 9.25. The predicted molar refractivity (Wildman–Crippen MR) is 139 cm³/mol. The third-order valence-electron chi connectivity index (χ3n) is 5.87. The van der Waals surface area contributed by atoms with Gasteiger partial charge in [0.05, 0.1) is 17.6 Å².